The number of anilines is 1. The third-order valence-corrected chi connectivity index (χ3v) is 4.21. The van der Waals surface area contributed by atoms with Gasteiger partial charge < -0.3 is 9.64 Å². The molecule has 7 heteroatoms. The van der Waals surface area contributed by atoms with Gasteiger partial charge in [0.1, 0.15) is 11.6 Å². The van der Waals surface area contributed by atoms with Gasteiger partial charge in [-0.15, -0.1) is 5.10 Å². The third-order valence-electron chi connectivity index (χ3n) is 4.21. The molecular formula is C15H22N6O. The molecule has 0 unspecified atom stereocenters. The van der Waals surface area contributed by atoms with Crippen molar-refractivity contribution in [3.8, 4) is 5.88 Å². The van der Waals surface area contributed by atoms with Crippen molar-refractivity contribution in [1.29, 1.82) is 0 Å². The van der Waals surface area contributed by atoms with E-state index in [1.54, 1.807) is 13.3 Å². The third kappa shape index (κ3) is 3.03. The summed E-state index contributed by atoms with van der Waals surface area (Å²) in [5, 5.41) is 7.91. The topological polar surface area (TPSA) is 69.0 Å². The van der Waals surface area contributed by atoms with Gasteiger partial charge in [0.2, 0.25) is 5.88 Å². The molecule has 0 saturated carbocycles. The molecule has 1 aliphatic rings. The van der Waals surface area contributed by atoms with E-state index in [2.05, 4.69) is 25.2 Å². The van der Waals surface area contributed by atoms with Crippen molar-refractivity contribution in [3.63, 3.8) is 0 Å². The summed E-state index contributed by atoms with van der Waals surface area (Å²) in [5.41, 5.74) is 1.02. The van der Waals surface area contributed by atoms with Gasteiger partial charge in [-0.2, -0.15) is 4.98 Å². The predicted molar refractivity (Wildman–Crippen MR) is 83.0 cm³/mol. The Morgan fingerprint density at radius 3 is 2.64 bits per heavy atom. The van der Waals surface area contributed by atoms with E-state index in [1.165, 1.54) is 0 Å². The van der Waals surface area contributed by atoms with Crippen LogP contribution in [0.3, 0.4) is 0 Å². The van der Waals surface area contributed by atoms with Crippen LogP contribution in [0.5, 0.6) is 5.88 Å². The molecule has 0 radical (unpaired) electrons. The summed E-state index contributed by atoms with van der Waals surface area (Å²) in [7, 11) is 1.66. The number of piperidine rings is 1. The second-order valence-electron chi connectivity index (χ2n) is 5.78. The van der Waals surface area contributed by atoms with Crippen molar-refractivity contribution >= 4 is 5.82 Å². The highest BCUT2D eigenvalue weighted by atomic mass is 16.5. The Labute approximate surface area is 130 Å². The predicted octanol–water partition coefficient (Wildman–Crippen LogP) is 1.61. The van der Waals surface area contributed by atoms with E-state index in [-0.39, 0.29) is 0 Å². The molecule has 1 fully saturated rings. The summed E-state index contributed by atoms with van der Waals surface area (Å²) in [5.74, 6) is 3.07. The standard InChI is InChI=1S/C15H22N6O/c1-11-14(17-12(2)18-15(11)22-3)20-7-4-13(5-8-20)10-21-9-6-16-19-21/h6,9,13H,4-5,7-8,10H2,1-3H3. The van der Waals surface area contributed by atoms with Crippen LogP contribution in [0.2, 0.25) is 0 Å². The molecule has 0 bridgehead atoms. The Kier molecular flexibility index (Phi) is 4.22. The molecule has 3 rings (SSSR count). The molecule has 1 aliphatic heterocycles. The van der Waals surface area contributed by atoms with Crippen molar-refractivity contribution in [2.75, 3.05) is 25.1 Å². The molecule has 118 valence electrons. The Bertz CT molecular complexity index is 619. The normalized spacial score (nSPS) is 16.0. The lowest BCUT2D eigenvalue weighted by Gasteiger charge is -2.33. The molecule has 7 nitrogen and oxygen atoms in total. The quantitative estimate of drug-likeness (QED) is 0.854. The first kappa shape index (κ1) is 14.7. The smallest absolute Gasteiger partial charge is 0.221 e. The second-order valence-corrected chi connectivity index (χ2v) is 5.78. The lowest BCUT2D eigenvalue weighted by molar-refractivity contribution is 0.337. The summed E-state index contributed by atoms with van der Waals surface area (Å²) < 4.78 is 7.27. The first-order chi connectivity index (χ1) is 10.7. The molecule has 0 spiro atoms. The lowest BCUT2D eigenvalue weighted by atomic mass is 9.96. The van der Waals surface area contributed by atoms with Crippen molar-refractivity contribution in [2.45, 2.75) is 33.2 Å². The van der Waals surface area contributed by atoms with Gasteiger partial charge in [0, 0.05) is 25.8 Å². The van der Waals surface area contributed by atoms with Gasteiger partial charge in [0.15, 0.2) is 0 Å². The highest BCUT2D eigenvalue weighted by molar-refractivity contribution is 5.51. The zero-order chi connectivity index (χ0) is 15.5. The fourth-order valence-corrected chi connectivity index (χ4v) is 3.02. The van der Waals surface area contributed by atoms with Gasteiger partial charge in [-0.1, -0.05) is 5.21 Å². The zero-order valence-corrected chi connectivity index (χ0v) is 13.4. The number of hydrogen-bond donors (Lipinski definition) is 0. The molecule has 2 aromatic rings. The SMILES string of the molecule is COc1nc(C)nc(N2CCC(Cn3ccnn3)CC2)c1C. The summed E-state index contributed by atoms with van der Waals surface area (Å²) in [6.07, 6.45) is 5.92. The van der Waals surface area contributed by atoms with Crippen molar-refractivity contribution in [3.05, 3.63) is 23.8 Å². The van der Waals surface area contributed by atoms with Crippen LogP contribution in [-0.4, -0.2) is 45.2 Å². The molecule has 0 aliphatic carbocycles. The molecule has 22 heavy (non-hydrogen) atoms. The van der Waals surface area contributed by atoms with Crippen molar-refractivity contribution < 1.29 is 4.74 Å². The maximum absolute atomic E-state index is 5.35. The first-order valence-electron chi connectivity index (χ1n) is 7.65. The molecule has 0 aromatic carbocycles. The molecular weight excluding hydrogens is 280 g/mol. The maximum Gasteiger partial charge on any atom is 0.221 e. The number of methoxy groups -OCH3 is 1. The van der Waals surface area contributed by atoms with Gasteiger partial charge in [0.25, 0.3) is 0 Å². The van der Waals surface area contributed by atoms with Gasteiger partial charge >= 0.3 is 0 Å². The lowest BCUT2D eigenvalue weighted by Crippen LogP contribution is -2.36. The number of aryl methyl sites for hydroxylation is 1. The van der Waals surface area contributed by atoms with Crippen molar-refractivity contribution in [1.82, 2.24) is 25.0 Å². The van der Waals surface area contributed by atoms with Crippen LogP contribution in [0.15, 0.2) is 12.4 Å². The van der Waals surface area contributed by atoms with Crippen LogP contribution in [0.4, 0.5) is 5.82 Å². The van der Waals surface area contributed by atoms with Gasteiger partial charge in [-0.25, -0.2) is 4.98 Å². The summed E-state index contributed by atoms with van der Waals surface area (Å²) in [6, 6.07) is 0. The van der Waals surface area contributed by atoms with E-state index in [4.69, 9.17) is 4.74 Å². The van der Waals surface area contributed by atoms with E-state index in [0.29, 0.717) is 11.8 Å². The first-order valence-corrected chi connectivity index (χ1v) is 7.65. The van der Waals surface area contributed by atoms with Crippen LogP contribution in [-0.2, 0) is 6.54 Å². The average molecular weight is 302 g/mol. The highest BCUT2D eigenvalue weighted by Crippen LogP contribution is 2.29. The summed E-state index contributed by atoms with van der Waals surface area (Å²) >= 11 is 0. The van der Waals surface area contributed by atoms with Gasteiger partial charge in [-0.3, -0.25) is 4.68 Å². The second kappa shape index (κ2) is 6.29. The highest BCUT2D eigenvalue weighted by Gasteiger charge is 2.23. The number of rotatable bonds is 4. The van der Waals surface area contributed by atoms with Crippen LogP contribution in [0, 0.1) is 19.8 Å². The van der Waals surface area contributed by atoms with Gasteiger partial charge in [0.05, 0.1) is 18.9 Å². The molecule has 0 N–H and O–H groups in total. The molecule has 2 aromatic heterocycles. The maximum atomic E-state index is 5.35. The number of nitrogens with zero attached hydrogens (tertiary/aromatic N) is 6. The molecule has 1 saturated heterocycles. The number of ether oxygens (including phenoxy) is 1. The Morgan fingerprint density at radius 2 is 2.00 bits per heavy atom. The minimum Gasteiger partial charge on any atom is -0.481 e. The monoisotopic (exact) mass is 302 g/mol. The molecule has 3 heterocycles. The van der Waals surface area contributed by atoms with E-state index in [1.807, 2.05) is 24.7 Å². The van der Waals surface area contributed by atoms with E-state index in [0.717, 1.165) is 49.7 Å². The van der Waals surface area contributed by atoms with Crippen LogP contribution in [0.1, 0.15) is 24.2 Å². The fourth-order valence-electron chi connectivity index (χ4n) is 3.02. The Balaban J connectivity index is 1.67. The largest absolute Gasteiger partial charge is 0.481 e. The Hall–Kier alpha value is -2.18. The molecule has 0 amide bonds. The van der Waals surface area contributed by atoms with E-state index < -0.39 is 0 Å². The minimum atomic E-state index is 0.642. The summed E-state index contributed by atoms with van der Waals surface area (Å²) in [4.78, 5) is 11.3. The van der Waals surface area contributed by atoms with E-state index >= 15 is 0 Å². The van der Waals surface area contributed by atoms with Crippen LogP contribution in [0.25, 0.3) is 0 Å². The van der Waals surface area contributed by atoms with Crippen LogP contribution >= 0.6 is 0 Å². The average Bonchev–Trinajstić information content (AvgIpc) is 3.03. The number of aromatic nitrogens is 5. The van der Waals surface area contributed by atoms with Gasteiger partial charge in [-0.05, 0) is 32.6 Å². The molecule has 0 atom stereocenters. The van der Waals surface area contributed by atoms with E-state index in [9.17, 15) is 0 Å². The van der Waals surface area contributed by atoms with Crippen molar-refractivity contribution in [2.24, 2.45) is 5.92 Å². The Morgan fingerprint density at radius 1 is 1.23 bits per heavy atom. The summed E-state index contributed by atoms with van der Waals surface area (Å²) in [6.45, 7) is 6.87. The van der Waals surface area contributed by atoms with Crippen LogP contribution < -0.4 is 9.64 Å². The fraction of sp³-hybridized carbons (Fsp3) is 0.600. The minimum absolute atomic E-state index is 0.642. The number of hydrogen-bond acceptors (Lipinski definition) is 6. The zero-order valence-electron chi connectivity index (χ0n) is 13.4.